The van der Waals surface area contributed by atoms with Gasteiger partial charge in [-0.2, -0.15) is 0 Å². The topological polar surface area (TPSA) is 768 Å². The zero-order chi connectivity index (χ0) is 85.4. The highest BCUT2D eigenvalue weighted by Crippen LogP contribution is 2.42. The Kier molecular flexibility index (Phi) is 33.2. The summed E-state index contributed by atoms with van der Waals surface area (Å²) in [5.41, 5.74) is 0. The molecule has 0 aliphatic carbocycles. The first kappa shape index (κ1) is 94.9. The molecule has 0 aromatic heterocycles. The number of hydrogen-bond donors (Lipinski definition) is 28. The van der Waals surface area contributed by atoms with Crippen LogP contribution >= 0.6 is 0 Å². The SMILES string of the molecule is CC(=O)N[C@@H]1[C@@H](O[C@@H]2O[C@H](CO)[C@H](O)[C@H](O)[C@H]2O[C@@H]2O[C@@H](C)[C@@H](O)[C@@H](O)[C@@H]2O)[C@@H](O)[C@@H](CO[C@@H]2O[C@H](CO)[C@@H](O[C@@H]3O[C@H](CO)[C@H](O)[C@H](O[C@@H]4O[C@H](CO)[C@@H](O[C@@H]5O[C@H](CO)[C@H](O)[C@H](O)[C@H]5O[C@@H]5O[C@@H](C)[C@@H](O)[C@@H](O)[C@@H]5O)[C@H](O[C@@H]5O[C@@H](C)[C@@H](O)[C@@H](O)[C@@H]5O)[C@H]4NC(C)=O)[C@H]3O[C@@H]3O[C@@H](C)[C@@H](O)[C@@H](O)[C@@H]3O)[C@H](O)[C@H]2NC(C)=O)O[C@@H]1O. The van der Waals surface area contributed by atoms with Gasteiger partial charge in [0.25, 0.3) is 0 Å². The highest BCUT2D eigenvalue weighted by atomic mass is 16.8. The molecular weight excluding hydrogens is 1590 g/mol. The number of ether oxygens (including phenoxy) is 19. The highest BCUT2D eigenvalue weighted by molar-refractivity contribution is 5.74. The van der Waals surface area contributed by atoms with Gasteiger partial charge in [-0.15, -0.1) is 0 Å². The Morgan fingerprint density at radius 3 is 0.948 bits per heavy atom. The molecule has 50 atom stereocenters. The van der Waals surface area contributed by atoms with Crippen molar-refractivity contribution in [2.45, 2.75) is 355 Å². The number of nitrogens with one attached hydrogen (secondary N) is 3. The van der Waals surface area contributed by atoms with Crippen LogP contribution in [0.4, 0.5) is 0 Å². The average molecular weight is 1700 g/mol. The van der Waals surface area contributed by atoms with Crippen molar-refractivity contribution >= 4 is 17.7 Å². The monoisotopic (exact) mass is 1700 g/mol. The van der Waals surface area contributed by atoms with Gasteiger partial charge in [-0.05, 0) is 27.7 Å². The molecular formula is C66H111N3O47. The molecule has 0 aromatic rings. The number of carbonyl (C=O) groups excluding carboxylic acids is 3. The van der Waals surface area contributed by atoms with E-state index in [0.29, 0.717) is 0 Å². The smallest absolute Gasteiger partial charge is 0.217 e. The van der Waals surface area contributed by atoms with Gasteiger partial charge in [-0.1, -0.05) is 0 Å². The van der Waals surface area contributed by atoms with E-state index in [-0.39, 0.29) is 0 Å². The lowest BCUT2D eigenvalue weighted by molar-refractivity contribution is -0.410. The third-order valence-electron chi connectivity index (χ3n) is 21.9. The molecule has 0 spiro atoms. The fourth-order valence-corrected chi connectivity index (χ4v) is 15.3. The minimum absolute atomic E-state index is 0.868. The van der Waals surface area contributed by atoms with E-state index in [1.807, 2.05) is 0 Å². The van der Waals surface area contributed by atoms with Crippen LogP contribution in [0, 0.1) is 0 Å². The Morgan fingerprint density at radius 1 is 0.241 bits per heavy atom. The summed E-state index contributed by atoms with van der Waals surface area (Å²) in [5, 5.41) is 287. The van der Waals surface area contributed by atoms with Crippen LogP contribution in [-0.4, -0.2) is 492 Å². The van der Waals surface area contributed by atoms with Gasteiger partial charge in [-0.3, -0.25) is 14.4 Å². The summed E-state index contributed by atoms with van der Waals surface area (Å²) < 4.78 is 115. The number of aliphatic hydroxyl groups is 25. The second-order valence-electron chi connectivity index (χ2n) is 30.2. The summed E-state index contributed by atoms with van der Waals surface area (Å²) in [7, 11) is 0. The predicted octanol–water partition coefficient (Wildman–Crippen LogP) is -18.3. The van der Waals surface area contributed by atoms with E-state index in [9.17, 15) is 142 Å². The number of aliphatic hydroxyl groups excluding tert-OH is 25. The fourth-order valence-electron chi connectivity index (χ4n) is 15.3. The van der Waals surface area contributed by atoms with Crippen molar-refractivity contribution in [1.82, 2.24) is 16.0 Å². The molecule has 3 amide bonds. The largest absolute Gasteiger partial charge is 0.394 e. The van der Waals surface area contributed by atoms with E-state index in [2.05, 4.69) is 16.0 Å². The Labute approximate surface area is 659 Å². The molecule has 28 N–H and O–H groups in total. The van der Waals surface area contributed by atoms with Crippen molar-refractivity contribution < 1.29 is 232 Å². The number of carbonyl (C=O) groups is 3. The zero-order valence-corrected chi connectivity index (χ0v) is 63.3. The maximum Gasteiger partial charge on any atom is 0.217 e. The van der Waals surface area contributed by atoms with Gasteiger partial charge < -0.3 is 234 Å². The van der Waals surface area contributed by atoms with Crippen molar-refractivity contribution in [2.75, 3.05) is 39.6 Å². The van der Waals surface area contributed by atoms with Crippen molar-refractivity contribution in [3.63, 3.8) is 0 Å². The Balaban J connectivity index is 0.966. The molecule has 0 saturated carbocycles. The standard InChI is InChI=1S/C66H111N3O47/c1-14-30(78)39(87)45(93)60(99-14)112-52-29(69-20(7)77)59(108-25(12-74)50(52)110-64-54(43(91)34(82)21(8-70)104-64)114-61-46(94)40(88)31(79)15(2)100-61)113-53-36(84)23(10-72)106-66(56(53)116-63-48(96)42(90)33(81)17(4)102-63)109-49-24(11-73)107-58(27(38(49)86)67-18(5)75)98-13-26-37(85)51(28(57(97)103-26)68-19(6)76)111-65-55(44(92)35(83)22(9-71)105-65)115-62-47(95)41(89)32(80)16(3)101-62/h14-17,21-66,70-74,78-97H,8-13H2,1-7H3,(H,67,75)(H,68,76)(H,69,77)/t14-,15-,16-,17-,21+,22+,23+,24+,25+,26+,27+,28+,29+,30+,31+,32+,33+,34-,35-,36-,37-,38+,39+,40+,41+,42+,43-,44-,45-,46-,47-,48-,49+,50+,51+,52+,53-,54+,55+,56+,57-,58+,59-,60-,61-,62-,63-,64-,65-,66-/m0/s1. The molecule has 10 fully saturated rings. The summed E-state index contributed by atoms with van der Waals surface area (Å²) >= 11 is 0. The number of amides is 3. The summed E-state index contributed by atoms with van der Waals surface area (Å²) in [6, 6.07) is -5.80. The Bertz CT molecular complexity index is 3100. The van der Waals surface area contributed by atoms with E-state index in [1.165, 1.54) is 27.7 Å². The van der Waals surface area contributed by atoms with Gasteiger partial charge in [0.2, 0.25) is 17.7 Å². The third-order valence-corrected chi connectivity index (χ3v) is 21.9. The summed E-state index contributed by atoms with van der Waals surface area (Å²) in [4.78, 5) is 39.6. The molecule has 0 aromatic carbocycles. The first-order chi connectivity index (χ1) is 54.7. The molecule has 50 nitrogen and oxygen atoms in total. The lowest BCUT2D eigenvalue weighted by atomic mass is 9.93. The molecule has 116 heavy (non-hydrogen) atoms. The predicted molar refractivity (Wildman–Crippen MR) is 359 cm³/mol. The van der Waals surface area contributed by atoms with Crippen LogP contribution in [0.2, 0.25) is 0 Å². The van der Waals surface area contributed by atoms with Crippen molar-refractivity contribution in [3.05, 3.63) is 0 Å². The molecule has 50 heteroatoms. The van der Waals surface area contributed by atoms with Crippen LogP contribution in [-0.2, 0) is 104 Å². The fraction of sp³-hybridized carbons (Fsp3) is 0.955. The van der Waals surface area contributed by atoms with Crippen molar-refractivity contribution in [2.24, 2.45) is 0 Å². The minimum Gasteiger partial charge on any atom is -0.394 e. The molecule has 0 bridgehead atoms. The van der Waals surface area contributed by atoms with Crippen LogP contribution in [0.3, 0.4) is 0 Å². The lowest BCUT2D eigenvalue weighted by Gasteiger charge is -2.53. The summed E-state index contributed by atoms with van der Waals surface area (Å²) in [6.07, 6.45) is -93.9. The second-order valence-corrected chi connectivity index (χ2v) is 30.2. The van der Waals surface area contributed by atoms with Crippen LogP contribution < -0.4 is 16.0 Å². The van der Waals surface area contributed by atoms with Gasteiger partial charge in [0.1, 0.15) is 220 Å². The van der Waals surface area contributed by atoms with Gasteiger partial charge in [0.05, 0.1) is 64.1 Å². The second kappa shape index (κ2) is 40.5. The first-order valence-corrected chi connectivity index (χ1v) is 37.6. The average Bonchev–Trinajstić information content (AvgIpc) is 0.751. The highest BCUT2D eigenvalue weighted by Gasteiger charge is 2.62. The quantitative estimate of drug-likeness (QED) is 0.0363. The van der Waals surface area contributed by atoms with Gasteiger partial charge in [0.15, 0.2) is 62.9 Å². The maximum absolute atomic E-state index is 13.7. The van der Waals surface area contributed by atoms with E-state index in [0.717, 1.165) is 20.8 Å². The van der Waals surface area contributed by atoms with Crippen LogP contribution in [0.1, 0.15) is 48.5 Å². The Hall–Kier alpha value is -3.35. The van der Waals surface area contributed by atoms with E-state index < -0.39 is 364 Å². The number of hydrogen-bond acceptors (Lipinski definition) is 47. The molecule has 10 aliphatic heterocycles. The molecule has 0 unspecified atom stereocenters. The van der Waals surface area contributed by atoms with E-state index in [4.69, 9.17) is 90.0 Å². The maximum atomic E-state index is 13.7. The normalized spacial score (nSPS) is 51.7. The van der Waals surface area contributed by atoms with Gasteiger partial charge in [-0.25, -0.2) is 0 Å². The first-order valence-electron chi connectivity index (χ1n) is 37.6. The van der Waals surface area contributed by atoms with Crippen LogP contribution in [0.25, 0.3) is 0 Å². The molecule has 10 heterocycles. The molecule has 10 rings (SSSR count). The zero-order valence-electron chi connectivity index (χ0n) is 63.3. The van der Waals surface area contributed by atoms with E-state index in [1.54, 1.807) is 0 Å². The number of rotatable bonds is 27. The molecule has 0 radical (unpaired) electrons. The molecule has 10 saturated heterocycles. The van der Waals surface area contributed by atoms with Gasteiger partial charge >= 0.3 is 0 Å². The van der Waals surface area contributed by atoms with E-state index >= 15 is 0 Å². The van der Waals surface area contributed by atoms with Gasteiger partial charge in [0, 0.05) is 20.8 Å². The lowest BCUT2D eigenvalue weighted by Crippen LogP contribution is -2.72. The summed E-state index contributed by atoms with van der Waals surface area (Å²) in [5.74, 6) is -2.84. The molecule has 10 aliphatic rings. The molecule has 672 valence electrons. The third kappa shape index (κ3) is 20.4. The minimum atomic E-state index is -2.36. The van der Waals surface area contributed by atoms with Crippen LogP contribution in [0.15, 0.2) is 0 Å². The van der Waals surface area contributed by atoms with Crippen LogP contribution in [0.5, 0.6) is 0 Å². The summed E-state index contributed by atoms with van der Waals surface area (Å²) in [6.45, 7) is 1.11. The van der Waals surface area contributed by atoms with Crippen molar-refractivity contribution in [3.8, 4) is 0 Å². The Morgan fingerprint density at radius 2 is 0.543 bits per heavy atom. The van der Waals surface area contributed by atoms with Crippen molar-refractivity contribution in [1.29, 1.82) is 0 Å².